The number of pyridine rings is 1. The van der Waals surface area contributed by atoms with E-state index in [4.69, 9.17) is 14.1 Å². The molecule has 5 aromatic rings. The molecule has 0 amide bonds. The van der Waals surface area contributed by atoms with Crippen molar-refractivity contribution in [3.63, 3.8) is 0 Å². The number of nitrogens with zero attached hydrogens (tertiary/aromatic N) is 2. The molecule has 0 saturated heterocycles. The van der Waals surface area contributed by atoms with E-state index in [1.165, 1.54) is 38.1 Å². The van der Waals surface area contributed by atoms with Crippen LogP contribution in [0.4, 0.5) is 0 Å². The molecule has 0 radical (unpaired) electrons. The van der Waals surface area contributed by atoms with Gasteiger partial charge in [-0.25, -0.2) is 0 Å². The molecule has 6 heteroatoms. The highest BCUT2D eigenvalue weighted by atomic mass is 28.4. The van der Waals surface area contributed by atoms with Gasteiger partial charge in [0, 0.05) is 48.8 Å². The lowest BCUT2D eigenvalue weighted by molar-refractivity contribution is 0.116. The minimum atomic E-state index is -2.72. The second-order valence-electron chi connectivity index (χ2n) is 15.4. The highest BCUT2D eigenvalue weighted by Crippen LogP contribution is 2.46. The number of benzene rings is 3. The fourth-order valence-electron chi connectivity index (χ4n) is 7.68. The molecule has 3 atom stereocenters. The average molecular weight is 661 g/mol. The number of rotatable bonds is 12. The first-order chi connectivity index (χ1) is 22.9. The van der Waals surface area contributed by atoms with Crippen molar-refractivity contribution < 1.29 is 14.3 Å². The molecule has 1 saturated carbocycles. The van der Waals surface area contributed by atoms with Crippen LogP contribution in [0.5, 0.6) is 0 Å². The van der Waals surface area contributed by atoms with Crippen LogP contribution in [-0.2, 0) is 22.1 Å². The van der Waals surface area contributed by atoms with Crippen LogP contribution in [0.15, 0.2) is 97.2 Å². The van der Waals surface area contributed by atoms with Gasteiger partial charge in [0.25, 0.3) is 8.32 Å². The topological polar surface area (TPSA) is 56.5 Å². The third kappa shape index (κ3) is 6.32. The number of aliphatic hydroxyl groups excluding tert-OH is 1. The van der Waals surface area contributed by atoms with Gasteiger partial charge in [-0.1, -0.05) is 101 Å². The Hall–Kier alpha value is -3.55. The highest BCUT2D eigenvalue weighted by molar-refractivity contribution is 6.99. The van der Waals surface area contributed by atoms with Crippen molar-refractivity contribution in [1.29, 1.82) is 0 Å². The Kier molecular flexibility index (Phi) is 9.58. The smallest absolute Gasteiger partial charge is 0.261 e. The third-order valence-corrected chi connectivity index (χ3v) is 15.3. The molecule has 2 aromatic heterocycles. The zero-order valence-corrected chi connectivity index (χ0v) is 31.0. The standard InChI is InChI=1S/C42H52N2O3Si/c1-9-44-37-23-22-30(34-26-38(34)45)25-35(37)36(40(44)33-21-16-24-43-39(33)29(2)46-8)27-42(6,7)28-47-48(41(3,4)5,31-17-12-10-13-18-31)32-19-14-11-15-20-32/h10-25,29,34,38,45H,9,26-28H2,1-8H3/t29-,34?,38?/m0/s1. The van der Waals surface area contributed by atoms with E-state index in [2.05, 4.69) is 138 Å². The van der Waals surface area contributed by atoms with Gasteiger partial charge >= 0.3 is 0 Å². The summed E-state index contributed by atoms with van der Waals surface area (Å²) in [5.74, 6) is 0.213. The maximum Gasteiger partial charge on any atom is 0.261 e. The van der Waals surface area contributed by atoms with Crippen molar-refractivity contribution in [3.8, 4) is 11.3 Å². The first-order valence-corrected chi connectivity index (χ1v) is 19.4. The summed E-state index contributed by atoms with van der Waals surface area (Å²) in [6.45, 7) is 17.4. The fraction of sp³-hybridized carbons (Fsp3) is 0.405. The normalized spacial score (nSPS) is 17.5. The number of methoxy groups -OCH3 is 1. The van der Waals surface area contributed by atoms with Crippen LogP contribution in [0.2, 0.25) is 5.04 Å². The Balaban J connectivity index is 1.49. The number of fused-ring (bicyclic) bond motifs is 1. The molecular formula is C42H52N2O3Si. The first kappa shape index (κ1) is 34.3. The molecule has 2 heterocycles. The Bertz CT molecular complexity index is 1820. The van der Waals surface area contributed by atoms with Crippen molar-refractivity contribution in [2.75, 3.05) is 13.7 Å². The molecule has 1 fully saturated rings. The summed E-state index contributed by atoms with van der Waals surface area (Å²) in [5.41, 5.74) is 6.77. The number of aromatic nitrogens is 2. The second kappa shape index (κ2) is 13.4. The van der Waals surface area contributed by atoms with Gasteiger partial charge in [-0.15, -0.1) is 0 Å². The fourth-order valence-corrected chi connectivity index (χ4v) is 12.4. The molecule has 3 aromatic carbocycles. The van der Waals surface area contributed by atoms with E-state index >= 15 is 0 Å². The van der Waals surface area contributed by atoms with E-state index in [-0.39, 0.29) is 28.6 Å². The molecule has 1 aliphatic carbocycles. The van der Waals surface area contributed by atoms with Crippen molar-refractivity contribution >= 4 is 29.6 Å². The van der Waals surface area contributed by atoms with Crippen LogP contribution in [0.25, 0.3) is 22.2 Å². The van der Waals surface area contributed by atoms with Crippen LogP contribution < -0.4 is 10.4 Å². The average Bonchev–Trinajstić information content (AvgIpc) is 3.74. The Morgan fingerprint density at radius 2 is 1.54 bits per heavy atom. The largest absolute Gasteiger partial charge is 0.407 e. The zero-order valence-electron chi connectivity index (χ0n) is 30.0. The monoisotopic (exact) mass is 660 g/mol. The summed E-state index contributed by atoms with van der Waals surface area (Å²) in [6, 6.07) is 32.9. The van der Waals surface area contributed by atoms with Crippen LogP contribution in [0.1, 0.15) is 83.7 Å². The van der Waals surface area contributed by atoms with E-state index in [1.807, 2.05) is 12.3 Å². The lowest BCUT2D eigenvalue weighted by atomic mass is 9.84. The maximum atomic E-state index is 10.4. The number of aryl methyl sites for hydroxylation is 1. The number of hydrogen-bond donors (Lipinski definition) is 1. The molecule has 252 valence electrons. The molecular weight excluding hydrogens is 609 g/mol. The number of ether oxygens (including phenoxy) is 1. The molecule has 0 bridgehead atoms. The molecule has 1 aliphatic rings. The summed E-state index contributed by atoms with van der Waals surface area (Å²) in [6.07, 6.45) is 3.11. The zero-order chi connectivity index (χ0) is 34.3. The van der Waals surface area contributed by atoms with Gasteiger partial charge in [0.1, 0.15) is 0 Å². The van der Waals surface area contributed by atoms with Crippen LogP contribution >= 0.6 is 0 Å². The summed E-state index contributed by atoms with van der Waals surface area (Å²) in [5, 5.41) is 14.1. The van der Waals surface area contributed by atoms with Crippen LogP contribution in [-0.4, -0.2) is 42.8 Å². The van der Waals surface area contributed by atoms with Crippen LogP contribution in [0, 0.1) is 5.41 Å². The Labute approximate surface area is 288 Å². The third-order valence-electron chi connectivity index (χ3n) is 10.3. The summed E-state index contributed by atoms with van der Waals surface area (Å²) in [7, 11) is -0.973. The molecule has 48 heavy (non-hydrogen) atoms. The molecule has 0 aliphatic heterocycles. The van der Waals surface area contributed by atoms with Gasteiger partial charge in [0.15, 0.2) is 0 Å². The lowest BCUT2D eigenvalue weighted by Crippen LogP contribution is -2.67. The summed E-state index contributed by atoms with van der Waals surface area (Å²) in [4.78, 5) is 4.85. The molecule has 1 N–H and O–H groups in total. The molecule has 6 rings (SSSR count). The van der Waals surface area contributed by atoms with Crippen molar-refractivity contribution in [3.05, 3.63) is 114 Å². The number of hydrogen-bond acceptors (Lipinski definition) is 4. The Morgan fingerprint density at radius 3 is 2.08 bits per heavy atom. The van der Waals surface area contributed by atoms with Crippen LogP contribution in [0.3, 0.4) is 0 Å². The quantitative estimate of drug-likeness (QED) is 0.137. The van der Waals surface area contributed by atoms with Crippen molar-refractivity contribution in [2.45, 2.75) is 91.0 Å². The van der Waals surface area contributed by atoms with Gasteiger partial charge < -0.3 is 18.8 Å². The van der Waals surface area contributed by atoms with E-state index in [9.17, 15) is 5.11 Å². The minimum Gasteiger partial charge on any atom is -0.407 e. The minimum absolute atomic E-state index is 0.101. The van der Waals surface area contributed by atoms with Gasteiger partial charge in [0.05, 0.1) is 23.6 Å². The summed E-state index contributed by atoms with van der Waals surface area (Å²) < 4.78 is 15.8. The molecule has 5 nitrogen and oxygen atoms in total. The SMILES string of the molecule is CCn1c(-c2cccnc2[C@H](C)OC)c(CC(C)(C)CO[Si](c2ccccc2)(c2ccccc2)C(C)(C)C)c2cc(C3CC3O)ccc21. The molecule has 2 unspecified atom stereocenters. The van der Waals surface area contributed by atoms with E-state index in [0.717, 1.165) is 30.6 Å². The van der Waals surface area contributed by atoms with Gasteiger partial charge in [-0.05, 0) is 82.9 Å². The second-order valence-corrected chi connectivity index (χ2v) is 19.7. The van der Waals surface area contributed by atoms with Gasteiger partial charge in [0.2, 0.25) is 0 Å². The predicted molar refractivity (Wildman–Crippen MR) is 201 cm³/mol. The van der Waals surface area contributed by atoms with E-state index in [1.54, 1.807) is 7.11 Å². The Morgan fingerprint density at radius 1 is 0.917 bits per heavy atom. The maximum absolute atomic E-state index is 10.4. The van der Waals surface area contributed by atoms with Crippen molar-refractivity contribution in [2.24, 2.45) is 5.41 Å². The highest BCUT2D eigenvalue weighted by Gasteiger charge is 2.51. The first-order valence-electron chi connectivity index (χ1n) is 17.5. The molecule has 0 spiro atoms. The van der Waals surface area contributed by atoms with Gasteiger partial charge in [-0.2, -0.15) is 0 Å². The predicted octanol–water partition coefficient (Wildman–Crippen LogP) is 8.42. The van der Waals surface area contributed by atoms with E-state index in [0.29, 0.717) is 6.61 Å². The van der Waals surface area contributed by atoms with Crippen molar-refractivity contribution in [1.82, 2.24) is 9.55 Å². The lowest BCUT2D eigenvalue weighted by Gasteiger charge is -2.44. The number of aliphatic hydroxyl groups is 1. The van der Waals surface area contributed by atoms with Gasteiger partial charge in [-0.3, -0.25) is 4.98 Å². The van der Waals surface area contributed by atoms with E-state index < -0.39 is 8.32 Å². The summed E-state index contributed by atoms with van der Waals surface area (Å²) >= 11 is 0.